The molecule has 1 amide bonds. The highest BCUT2D eigenvalue weighted by Crippen LogP contribution is 2.29. The normalized spacial score (nSPS) is 10.4. The Labute approximate surface area is 133 Å². The van der Waals surface area contributed by atoms with E-state index in [1.54, 1.807) is 0 Å². The van der Waals surface area contributed by atoms with Crippen LogP contribution in [0.15, 0.2) is 48.5 Å². The van der Waals surface area contributed by atoms with E-state index in [1.165, 1.54) is 5.56 Å². The summed E-state index contributed by atoms with van der Waals surface area (Å²) in [5, 5.41) is 0. The SMILES string of the molecule is CCN(CC)C(=O)c1ccccc1N(C)c1ccccc1C. The minimum absolute atomic E-state index is 0.0843. The van der Waals surface area contributed by atoms with Crippen LogP contribution in [0.3, 0.4) is 0 Å². The van der Waals surface area contributed by atoms with Crippen LogP contribution in [0, 0.1) is 6.92 Å². The summed E-state index contributed by atoms with van der Waals surface area (Å²) in [4.78, 5) is 16.7. The molecule has 0 N–H and O–H groups in total. The lowest BCUT2D eigenvalue weighted by molar-refractivity contribution is 0.0773. The molecule has 2 aromatic rings. The van der Waals surface area contributed by atoms with Crippen LogP contribution < -0.4 is 4.90 Å². The molecule has 0 heterocycles. The first-order valence-electron chi connectivity index (χ1n) is 7.77. The summed E-state index contributed by atoms with van der Waals surface area (Å²) in [6.45, 7) is 7.54. The Bertz CT molecular complexity index is 647. The van der Waals surface area contributed by atoms with Gasteiger partial charge in [0.05, 0.1) is 11.3 Å². The fourth-order valence-electron chi connectivity index (χ4n) is 2.70. The molecule has 3 nitrogen and oxygen atoms in total. The highest BCUT2D eigenvalue weighted by molar-refractivity contribution is 6.00. The second-order valence-corrected chi connectivity index (χ2v) is 5.34. The van der Waals surface area contributed by atoms with Crippen molar-refractivity contribution in [2.24, 2.45) is 0 Å². The molecule has 3 heteroatoms. The number of amides is 1. The van der Waals surface area contributed by atoms with Crippen molar-refractivity contribution in [3.63, 3.8) is 0 Å². The second-order valence-electron chi connectivity index (χ2n) is 5.34. The van der Waals surface area contributed by atoms with Crippen LogP contribution in [-0.2, 0) is 0 Å². The first kappa shape index (κ1) is 16.1. The Balaban J connectivity index is 2.44. The predicted octanol–water partition coefficient (Wildman–Crippen LogP) is 4.24. The molecule has 2 rings (SSSR count). The number of hydrogen-bond donors (Lipinski definition) is 0. The first-order valence-corrected chi connectivity index (χ1v) is 7.77. The van der Waals surface area contributed by atoms with Gasteiger partial charge in [-0.2, -0.15) is 0 Å². The molecule has 0 aromatic heterocycles. The summed E-state index contributed by atoms with van der Waals surface area (Å²) >= 11 is 0. The molecule has 0 aliphatic rings. The van der Waals surface area contributed by atoms with Crippen molar-refractivity contribution in [2.75, 3.05) is 25.0 Å². The van der Waals surface area contributed by atoms with Crippen LogP contribution in [0.4, 0.5) is 11.4 Å². The van der Waals surface area contributed by atoms with Gasteiger partial charge in [-0.05, 0) is 44.5 Å². The third-order valence-corrected chi connectivity index (χ3v) is 4.02. The molecule has 0 aliphatic carbocycles. The lowest BCUT2D eigenvalue weighted by Gasteiger charge is -2.26. The monoisotopic (exact) mass is 296 g/mol. The number of benzene rings is 2. The van der Waals surface area contributed by atoms with Gasteiger partial charge in [-0.15, -0.1) is 0 Å². The molecule has 0 unspecified atom stereocenters. The minimum Gasteiger partial charge on any atom is -0.344 e. The van der Waals surface area contributed by atoms with Gasteiger partial charge >= 0.3 is 0 Å². The molecule has 22 heavy (non-hydrogen) atoms. The number of para-hydroxylation sites is 2. The Hall–Kier alpha value is -2.29. The molecule has 0 fully saturated rings. The number of carbonyl (C=O) groups is 1. The lowest BCUT2D eigenvalue weighted by atomic mass is 10.1. The summed E-state index contributed by atoms with van der Waals surface area (Å²) in [6, 6.07) is 16.0. The van der Waals surface area contributed by atoms with E-state index in [9.17, 15) is 4.79 Å². The van der Waals surface area contributed by atoms with Crippen molar-refractivity contribution in [1.82, 2.24) is 4.90 Å². The molecule has 0 spiro atoms. The predicted molar refractivity (Wildman–Crippen MR) is 92.9 cm³/mol. The zero-order valence-corrected chi connectivity index (χ0v) is 13.8. The Morgan fingerprint density at radius 2 is 1.45 bits per heavy atom. The number of carbonyl (C=O) groups excluding carboxylic acids is 1. The Morgan fingerprint density at radius 1 is 0.909 bits per heavy atom. The van der Waals surface area contributed by atoms with E-state index in [-0.39, 0.29) is 5.91 Å². The third-order valence-electron chi connectivity index (χ3n) is 4.02. The summed E-state index contributed by atoms with van der Waals surface area (Å²) in [7, 11) is 2.01. The number of nitrogens with zero attached hydrogens (tertiary/aromatic N) is 2. The maximum absolute atomic E-state index is 12.7. The first-order chi connectivity index (χ1) is 10.6. The molecule has 0 radical (unpaired) electrons. The molecule has 0 atom stereocenters. The van der Waals surface area contributed by atoms with Crippen LogP contribution >= 0.6 is 0 Å². The van der Waals surface area contributed by atoms with Gasteiger partial charge in [-0.3, -0.25) is 4.79 Å². The highest BCUT2D eigenvalue weighted by Gasteiger charge is 2.19. The fourth-order valence-corrected chi connectivity index (χ4v) is 2.70. The van der Waals surface area contributed by atoms with Crippen LogP contribution in [0.1, 0.15) is 29.8 Å². The average molecular weight is 296 g/mol. The summed E-state index contributed by atoms with van der Waals surface area (Å²) < 4.78 is 0. The zero-order chi connectivity index (χ0) is 16.1. The molecular weight excluding hydrogens is 272 g/mol. The van der Waals surface area contributed by atoms with Crippen LogP contribution in [0.2, 0.25) is 0 Å². The number of aryl methyl sites for hydroxylation is 1. The van der Waals surface area contributed by atoms with Crippen molar-refractivity contribution >= 4 is 17.3 Å². The molecule has 0 saturated carbocycles. The third kappa shape index (κ3) is 3.14. The minimum atomic E-state index is 0.0843. The van der Waals surface area contributed by atoms with Crippen molar-refractivity contribution < 1.29 is 4.79 Å². The zero-order valence-electron chi connectivity index (χ0n) is 13.8. The van der Waals surface area contributed by atoms with Crippen molar-refractivity contribution in [3.05, 3.63) is 59.7 Å². The maximum Gasteiger partial charge on any atom is 0.255 e. The molecular formula is C19H24N2O. The van der Waals surface area contributed by atoms with E-state index in [0.717, 1.165) is 30.0 Å². The van der Waals surface area contributed by atoms with E-state index in [4.69, 9.17) is 0 Å². The van der Waals surface area contributed by atoms with Gasteiger partial charge in [-0.1, -0.05) is 30.3 Å². The van der Waals surface area contributed by atoms with Gasteiger partial charge in [0.2, 0.25) is 0 Å². The van der Waals surface area contributed by atoms with Gasteiger partial charge in [0, 0.05) is 25.8 Å². The topological polar surface area (TPSA) is 23.6 Å². The lowest BCUT2D eigenvalue weighted by Crippen LogP contribution is -2.31. The standard InChI is InChI=1S/C19H24N2O/c1-5-21(6-2)19(22)16-12-8-10-14-18(16)20(4)17-13-9-7-11-15(17)3/h7-14H,5-6H2,1-4H3. The van der Waals surface area contributed by atoms with Crippen LogP contribution in [-0.4, -0.2) is 30.9 Å². The Kier molecular flexibility index (Phi) is 5.21. The summed E-state index contributed by atoms with van der Waals surface area (Å²) in [5.41, 5.74) is 3.99. The van der Waals surface area contributed by atoms with E-state index in [2.05, 4.69) is 24.0 Å². The van der Waals surface area contributed by atoms with E-state index in [0.29, 0.717) is 0 Å². The van der Waals surface area contributed by atoms with Gasteiger partial charge in [0.1, 0.15) is 0 Å². The van der Waals surface area contributed by atoms with Gasteiger partial charge < -0.3 is 9.80 Å². The van der Waals surface area contributed by atoms with Crippen LogP contribution in [0.25, 0.3) is 0 Å². The molecule has 0 aliphatic heterocycles. The average Bonchev–Trinajstić information content (AvgIpc) is 2.55. The second kappa shape index (κ2) is 7.12. The number of rotatable bonds is 5. The highest BCUT2D eigenvalue weighted by atomic mass is 16.2. The van der Waals surface area contributed by atoms with Crippen molar-refractivity contribution in [1.29, 1.82) is 0 Å². The Morgan fingerprint density at radius 3 is 2.05 bits per heavy atom. The van der Waals surface area contributed by atoms with Gasteiger partial charge in [0.15, 0.2) is 0 Å². The number of anilines is 2. The van der Waals surface area contributed by atoms with Crippen LogP contribution in [0.5, 0.6) is 0 Å². The fraction of sp³-hybridized carbons (Fsp3) is 0.316. The molecule has 0 saturated heterocycles. The van der Waals surface area contributed by atoms with E-state index < -0.39 is 0 Å². The van der Waals surface area contributed by atoms with Gasteiger partial charge in [0.25, 0.3) is 5.91 Å². The molecule has 116 valence electrons. The van der Waals surface area contributed by atoms with E-state index in [1.807, 2.05) is 62.2 Å². The summed E-state index contributed by atoms with van der Waals surface area (Å²) in [5.74, 6) is 0.0843. The van der Waals surface area contributed by atoms with Gasteiger partial charge in [-0.25, -0.2) is 0 Å². The molecule has 2 aromatic carbocycles. The van der Waals surface area contributed by atoms with E-state index >= 15 is 0 Å². The number of hydrogen-bond acceptors (Lipinski definition) is 2. The van der Waals surface area contributed by atoms with Crippen molar-refractivity contribution in [3.8, 4) is 0 Å². The quantitative estimate of drug-likeness (QED) is 0.823. The molecule has 0 bridgehead atoms. The summed E-state index contributed by atoms with van der Waals surface area (Å²) in [6.07, 6.45) is 0. The maximum atomic E-state index is 12.7. The largest absolute Gasteiger partial charge is 0.344 e. The van der Waals surface area contributed by atoms with Crippen molar-refractivity contribution in [2.45, 2.75) is 20.8 Å². The smallest absolute Gasteiger partial charge is 0.255 e.